The monoisotopic (exact) mass is 198 g/mol. The second kappa shape index (κ2) is 5.59. The van der Waals surface area contributed by atoms with Crippen LogP contribution in [0, 0.1) is 11.3 Å². The molecule has 0 saturated heterocycles. The standard InChI is InChI=1S/C8H10N2O4/c1-3-14-8(12)6(10)5(4-9)7(11)13-2/h3,10H2,1-2H3/b6-5+. The van der Waals surface area contributed by atoms with Gasteiger partial charge < -0.3 is 15.2 Å². The van der Waals surface area contributed by atoms with Crippen LogP contribution in [0.2, 0.25) is 0 Å². The first-order chi connectivity index (χ1) is 6.58. The Kier molecular flexibility index (Phi) is 4.78. The predicted octanol–water partition coefficient (Wildman–Crippen LogP) is -0.541. The lowest BCUT2D eigenvalue weighted by Crippen LogP contribution is -2.20. The van der Waals surface area contributed by atoms with Crippen molar-refractivity contribution in [2.24, 2.45) is 5.73 Å². The third-order valence-electron chi connectivity index (χ3n) is 1.27. The molecule has 76 valence electrons. The minimum atomic E-state index is -0.960. The molecule has 0 radical (unpaired) electrons. The summed E-state index contributed by atoms with van der Waals surface area (Å²) < 4.78 is 8.75. The number of hydrogen-bond donors (Lipinski definition) is 1. The van der Waals surface area contributed by atoms with Crippen molar-refractivity contribution in [3.63, 3.8) is 0 Å². The highest BCUT2D eigenvalue weighted by atomic mass is 16.5. The van der Waals surface area contributed by atoms with Gasteiger partial charge in [-0.15, -0.1) is 0 Å². The zero-order valence-electron chi connectivity index (χ0n) is 7.86. The quantitative estimate of drug-likeness (QED) is 0.371. The molecule has 0 spiro atoms. The third-order valence-corrected chi connectivity index (χ3v) is 1.27. The van der Waals surface area contributed by atoms with Crippen LogP contribution >= 0.6 is 0 Å². The molecule has 0 unspecified atom stereocenters. The summed E-state index contributed by atoms with van der Waals surface area (Å²) in [6, 6.07) is 1.47. The summed E-state index contributed by atoms with van der Waals surface area (Å²) in [4.78, 5) is 21.9. The Balaban J connectivity index is 4.95. The van der Waals surface area contributed by atoms with E-state index in [4.69, 9.17) is 11.0 Å². The van der Waals surface area contributed by atoms with E-state index in [-0.39, 0.29) is 6.61 Å². The summed E-state index contributed by atoms with van der Waals surface area (Å²) >= 11 is 0. The summed E-state index contributed by atoms with van der Waals surface area (Å²) in [6.45, 7) is 1.69. The fourth-order valence-electron chi connectivity index (χ4n) is 0.629. The molecule has 0 aromatic heterocycles. The van der Waals surface area contributed by atoms with Crippen LogP contribution in [0.3, 0.4) is 0 Å². The van der Waals surface area contributed by atoms with Gasteiger partial charge in [0, 0.05) is 0 Å². The lowest BCUT2D eigenvalue weighted by atomic mass is 10.2. The first kappa shape index (κ1) is 12.0. The van der Waals surface area contributed by atoms with Gasteiger partial charge >= 0.3 is 11.9 Å². The summed E-state index contributed by atoms with van der Waals surface area (Å²) in [6.07, 6.45) is 0. The van der Waals surface area contributed by atoms with Crippen molar-refractivity contribution in [2.45, 2.75) is 6.92 Å². The van der Waals surface area contributed by atoms with E-state index in [0.717, 1.165) is 7.11 Å². The van der Waals surface area contributed by atoms with Crippen LogP contribution in [-0.2, 0) is 19.1 Å². The minimum Gasteiger partial charge on any atom is -0.465 e. The van der Waals surface area contributed by atoms with Gasteiger partial charge in [-0.05, 0) is 6.92 Å². The topological polar surface area (TPSA) is 102 Å². The zero-order valence-corrected chi connectivity index (χ0v) is 7.86. The van der Waals surface area contributed by atoms with Gasteiger partial charge in [0.15, 0.2) is 5.57 Å². The van der Waals surface area contributed by atoms with Gasteiger partial charge in [0.25, 0.3) is 0 Å². The van der Waals surface area contributed by atoms with Gasteiger partial charge in [-0.3, -0.25) is 0 Å². The molecule has 0 bridgehead atoms. The van der Waals surface area contributed by atoms with Gasteiger partial charge in [0.05, 0.1) is 13.7 Å². The molecule has 0 aromatic carbocycles. The number of esters is 2. The van der Waals surface area contributed by atoms with Crippen LogP contribution in [0.25, 0.3) is 0 Å². The number of nitriles is 1. The van der Waals surface area contributed by atoms with E-state index >= 15 is 0 Å². The summed E-state index contributed by atoms with van der Waals surface area (Å²) in [5, 5.41) is 8.52. The Morgan fingerprint density at radius 3 is 2.36 bits per heavy atom. The Hall–Kier alpha value is -2.03. The minimum absolute atomic E-state index is 0.111. The number of nitrogens with zero attached hydrogens (tertiary/aromatic N) is 1. The molecule has 0 fully saturated rings. The molecular formula is C8H10N2O4. The molecule has 0 heterocycles. The smallest absolute Gasteiger partial charge is 0.355 e. The fraction of sp³-hybridized carbons (Fsp3) is 0.375. The van der Waals surface area contributed by atoms with E-state index in [1.807, 2.05) is 0 Å². The van der Waals surface area contributed by atoms with Crippen LogP contribution in [0.1, 0.15) is 6.92 Å². The normalized spacial score (nSPS) is 10.9. The highest BCUT2D eigenvalue weighted by Crippen LogP contribution is 2.02. The lowest BCUT2D eigenvalue weighted by Gasteiger charge is -2.03. The maximum atomic E-state index is 11.0. The van der Waals surface area contributed by atoms with Crippen molar-refractivity contribution in [1.82, 2.24) is 0 Å². The summed E-state index contributed by atoms with van der Waals surface area (Å²) in [5.74, 6) is -1.87. The number of methoxy groups -OCH3 is 1. The van der Waals surface area contributed by atoms with Crippen LogP contribution in [-0.4, -0.2) is 25.7 Å². The summed E-state index contributed by atoms with van der Waals surface area (Å²) in [7, 11) is 1.08. The molecule has 6 heteroatoms. The van der Waals surface area contributed by atoms with E-state index in [1.54, 1.807) is 6.92 Å². The fourth-order valence-corrected chi connectivity index (χ4v) is 0.629. The maximum Gasteiger partial charge on any atom is 0.355 e. The van der Waals surface area contributed by atoms with Crippen molar-refractivity contribution >= 4 is 11.9 Å². The third kappa shape index (κ3) is 2.79. The van der Waals surface area contributed by atoms with Gasteiger partial charge in [0.2, 0.25) is 0 Å². The molecule has 0 aliphatic heterocycles. The molecular weight excluding hydrogens is 188 g/mol. The van der Waals surface area contributed by atoms with Crippen LogP contribution in [0.5, 0.6) is 0 Å². The number of carbonyl (C=O) groups excluding carboxylic acids is 2. The molecule has 6 nitrogen and oxygen atoms in total. The molecule has 0 aromatic rings. The highest BCUT2D eigenvalue weighted by Gasteiger charge is 2.19. The van der Waals surface area contributed by atoms with E-state index in [2.05, 4.69) is 9.47 Å². The zero-order chi connectivity index (χ0) is 11.1. The molecule has 0 rings (SSSR count). The average molecular weight is 198 g/mol. The van der Waals surface area contributed by atoms with E-state index in [0.29, 0.717) is 0 Å². The van der Waals surface area contributed by atoms with Gasteiger partial charge in [-0.2, -0.15) is 5.26 Å². The number of carbonyl (C=O) groups is 2. The highest BCUT2D eigenvalue weighted by molar-refractivity contribution is 6.02. The molecule has 0 aliphatic carbocycles. The van der Waals surface area contributed by atoms with Crippen molar-refractivity contribution < 1.29 is 19.1 Å². The van der Waals surface area contributed by atoms with Crippen molar-refractivity contribution in [3.8, 4) is 6.07 Å². The van der Waals surface area contributed by atoms with Crippen LogP contribution in [0.4, 0.5) is 0 Å². The van der Waals surface area contributed by atoms with Gasteiger partial charge in [-0.25, -0.2) is 9.59 Å². The predicted molar refractivity (Wildman–Crippen MR) is 45.5 cm³/mol. The van der Waals surface area contributed by atoms with Crippen molar-refractivity contribution in [2.75, 3.05) is 13.7 Å². The maximum absolute atomic E-state index is 11.0. The van der Waals surface area contributed by atoms with E-state index in [1.165, 1.54) is 6.07 Å². The number of nitrogens with two attached hydrogens (primary N) is 1. The van der Waals surface area contributed by atoms with Gasteiger partial charge in [-0.1, -0.05) is 0 Å². The van der Waals surface area contributed by atoms with Crippen molar-refractivity contribution in [3.05, 3.63) is 11.3 Å². The first-order valence-corrected chi connectivity index (χ1v) is 3.73. The molecule has 14 heavy (non-hydrogen) atoms. The Morgan fingerprint density at radius 2 is 2.00 bits per heavy atom. The van der Waals surface area contributed by atoms with Crippen LogP contribution < -0.4 is 5.73 Å². The Morgan fingerprint density at radius 1 is 1.43 bits per heavy atom. The SMILES string of the molecule is CCOC(=O)/C(N)=C(/C#N)C(=O)OC. The number of hydrogen-bond acceptors (Lipinski definition) is 6. The van der Waals surface area contributed by atoms with Crippen molar-refractivity contribution in [1.29, 1.82) is 5.26 Å². The Bertz CT molecular complexity index is 314. The molecule has 0 atom stereocenters. The molecule has 0 aliphatic rings. The Labute approximate surface area is 80.9 Å². The molecule has 2 N–H and O–H groups in total. The average Bonchev–Trinajstić information content (AvgIpc) is 2.18. The summed E-state index contributed by atoms with van der Waals surface area (Å²) in [5.41, 5.74) is 4.13. The second-order valence-electron chi connectivity index (χ2n) is 2.11. The van der Waals surface area contributed by atoms with Crippen LogP contribution in [0.15, 0.2) is 11.3 Å². The van der Waals surface area contributed by atoms with E-state index in [9.17, 15) is 9.59 Å². The number of rotatable bonds is 3. The lowest BCUT2D eigenvalue weighted by molar-refractivity contribution is -0.140. The first-order valence-electron chi connectivity index (χ1n) is 3.73. The number of ether oxygens (including phenoxy) is 2. The van der Waals surface area contributed by atoms with Gasteiger partial charge in [0.1, 0.15) is 11.8 Å². The molecule has 0 amide bonds. The second-order valence-corrected chi connectivity index (χ2v) is 2.11. The van der Waals surface area contributed by atoms with E-state index < -0.39 is 23.2 Å². The largest absolute Gasteiger partial charge is 0.465 e. The molecule has 0 saturated carbocycles.